The molecule has 0 aromatic rings. The molecule has 0 aromatic heterocycles. The quantitative estimate of drug-likeness (QED) is 0.266. The average molecular weight is 463 g/mol. The van der Waals surface area contributed by atoms with Gasteiger partial charge < -0.3 is 24.2 Å². The minimum absolute atomic E-state index is 0.0450. The van der Waals surface area contributed by atoms with Crippen molar-refractivity contribution in [2.24, 2.45) is 5.92 Å². The zero-order valence-corrected chi connectivity index (χ0v) is 18.7. The minimum atomic E-state index is -4.24. The Kier molecular flexibility index (Phi) is 12.0. The summed E-state index contributed by atoms with van der Waals surface area (Å²) in [6.07, 6.45) is 0.703. The minimum Gasteiger partial charge on any atom is -0.377 e. The molecule has 29 heavy (non-hydrogen) atoms. The van der Waals surface area contributed by atoms with Crippen molar-refractivity contribution >= 4 is 21.6 Å². The van der Waals surface area contributed by atoms with Crippen LogP contribution in [-0.2, 0) is 41.5 Å². The summed E-state index contributed by atoms with van der Waals surface area (Å²) in [5, 5.41) is 0. The topological polar surface area (TPSA) is 150 Å². The van der Waals surface area contributed by atoms with Crippen molar-refractivity contribution in [2.45, 2.75) is 26.3 Å². The lowest BCUT2D eigenvalue weighted by Gasteiger charge is -2.23. The molecule has 1 fully saturated rings. The number of hydrogen-bond donors (Lipinski definition) is 2. The van der Waals surface area contributed by atoms with Gasteiger partial charge in [-0.3, -0.25) is 22.9 Å². The average Bonchev–Trinajstić information content (AvgIpc) is 3.03. The van der Waals surface area contributed by atoms with Crippen molar-refractivity contribution in [1.29, 1.82) is 0 Å². The van der Waals surface area contributed by atoms with Crippen molar-refractivity contribution < 1.29 is 51.3 Å². The highest BCUT2D eigenvalue weighted by Gasteiger charge is 2.33. The lowest BCUT2D eigenvalue weighted by atomic mass is 10.1. The van der Waals surface area contributed by atoms with E-state index in [1.165, 1.54) is 6.92 Å². The van der Waals surface area contributed by atoms with Gasteiger partial charge in [0.15, 0.2) is 0 Å². The molecule has 0 aromatic carbocycles. The van der Waals surface area contributed by atoms with Crippen LogP contribution in [0, 0.1) is 5.92 Å². The Balaban J connectivity index is 2.06. The molecule has 1 heterocycles. The second-order valence-corrected chi connectivity index (χ2v) is 9.49. The van der Waals surface area contributed by atoms with Crippen LogP contribution in [0.1, 0.15) is 20.3 Å². The van der Waals surface area contributed by atoms with Crippen molar-refractivity contribution in [3.63, 3.8) is 0 Å². The molecule has 1 amide bonds. The number of phosphoric acid groups is 2. The van der Waals surface area contributed by atoms with E-state index in [0.29, 0.717) is 18.9 Å². The Labute approximate surface area is 170 Å². The number of carbonyl (C=O) groups is 1. The van der Waals surface area contributed by atoms with Crippen LogP contribution in [0.2, 0.25) is 0 Å². The summed E-state index contributed by atoms with van der Waals surface area (Å²) in [5.41, 5.74) is 0. The van der Waals surface area contributed by atoms with E-state index in [-0.39, 0.29) is 58.2 Å². The third-order valence-corrected chi connectivity index (χ3v) is 5.98. The SMILES string of the molecule is COP(=O)(O)OCCOCCOCCOP(=O)(O)OC[C@@H]1C[C@@H](C)CN1C(C)=O. The first-order valence-corrected chi connectivity index (χ1v) is 12.1. The molecule has 0 aliphatic carbocycles. The highest BCUT2D eigenvalue weighted by Crippen LogP contribution is 2.44. The lowest BCUT2D eigenvalue weighted by Crippen LogP contribution is -2.36. The van der Waals surface area contributed by atoms with Gasteiger partial charge >= 0.3 is 15.6 Å². The van der Waals surface area contributed by atoms with Gasteiger partial charge in [0.05, 0.1) is 52.3 Å². The Morgan fingerprint density at radius 3 is 2.00 bits per heavy atom. The van der Waals surface area contributed by atoms with Crippen LogP contribution in [0.4, 0.5) is 0 Å². The highest BCUT2D eigenvalue weighted by atomic mass is 31.2. The summed E-state index contributed by atoms with van der Waals surface area (Å²) >= 11 is 0. The summed E-state index contributed by atoms with van der Waals surface area (Å²) in [4.78, 5) is 31.9. The molecule has 1 rings (SSSR count). The summed E-state index contributed by atoms with van der Waals surface area (Å²) in [6.45, 7) is 4.23. The molecule has 1 aliphatic rings. The first-order chi connectivity index (χ1) is 13.6. The van der Waals surface area contributed by atoms with Crippen LogP contribution >= 0.6 is 15.6 Å². The van der Waals surface area contributed by atoms with E-state index in [1.807, 2.05) is 6.92 Å². The predicted molar refractivity (Wildman–Crippen MR) is 101 cm³/mol. The zero-order valence-electron chi connectivity index (χ0n) is 16.9. The first-order valence-electron chi connectivity index (χ1n) is 9.14. The van der Waals surface area contributed by atoms with Gasteiger partial charge in [0.25, 0.3) is 0 Å². The smallest absolute Gasteiger partial charge is 0.377 e. The predicted octanol–water partition coefficient (Wildman–Crippen LogP) is 1.17. The maximum atomic E-state index is 11.9. The van der Waals surface area contributed by atoms with Crippen molar-refractivity contribution in [2.75, 3.05) is 59.9 Å². The lowest BCUT2D eigenvalue weighted by molar-refractivity contribution is -0.130. The monoisotopic (exact) mass is 463 g/mol. The van der Waals surface area contributed by atoms with Gasteiger partial charge in [-0.15, -0.1) is 0 Å². The fourth-order valence-corrected chi connectivity index (χ4v) is 3.86. The number of hydrogen-bond acceptors (Lipinski definition) is 9. The summed E-state index contributed by atoms with van der Waals surface area (Å²) in [7, 11) is -7.17. The van der Waals surface area contributed by atoms with E-state index < -0.39 is 15.6 Å². The van der Waals surface area contributed by atoms with Gasteiger partial charge in [-0.1, -0.05) is 6.92 Å². The van der Waals surface area contributed by atoms with Crippen LogP contribution < -0.4 is 0 Å². The number of ether oxygens (including phenoxy) is 2. The Hall–Kier alpha value is -0.390. The number of carbonyl (C=O) groups excluding carboxylic acids is 1. The molecule has 1 aliphatic heterocycles. The van der Waals surface area contributed by atoms with Crippen LogP contribution in [-0.4, -0.2) is 86.5 Å². The molecule has 172 valence electrons. The molecule has 12 nitrogen and oxygen atoms in total. The number of phosphoric ester groups is 2. The third-order valence-electron chi connectivity index (χ3n) is 4.03. The van der Waals surface area contributed by atoms with Gasteiger partial charge in [-0.05, 0) is 12.3 Å². The van der Waals surface area contributed by atoms with Crippen molar-refractivity contribution in [3.05, 3.63) is 0 Å². The van der Waals surface area contributed by atoms with E-state index in [2.05, 4.69) is 9.05 Å². The van der Waals surface area contributed by atoms with E-state index in [1.54, 1.807) is 4.90 Å². The molecule has 0 bridgehead atoms. The largest absolute Gasteiger partial charge is 0.472 e. The van der Waals surface area contributed by atoms with Gasteiger partial charge in [-0.25, -0.2) is 9.13 Å². The Morgan fingerprint density at radius 1 is 0.966 bits per heavy atom. The molecule has 4 atom stereocenters. The molecule has 14 heteroatoms. The second-order valence-electron chi connectivity index (χ2n) is 6.47. The normalized spacial score (nSPS) is 23.7. The van der Waals surface area contributed by atoms with E-state index in [9.17, 15) is 18.8 Å². The zero-order chi connectivity index (χ0) is 21.9. The third kappa shape index (κ3) is 11.5. The van der Waals surface area contributed by atoms with Gasteiger partial charge in [-0.2, -0.15) is 0 Å². The Morgan fingerprint density at radius 2 is 1.48 bits per heavy atom. The molecule has 2 N–H and O–H groups in total. The summed E-state index contributed by atoms with van der Waals surface area (Å²) in [6, 6.07) is -0.243. The summed E-state index contributed by atoms with van der Waals surface area (Å²) < 4.78 is 51.8. The van der Waals surface area contributed by atoms with E-state index in [0.717, 1.165) is 7.11 Å². The van der Waals surface area contributed by atoms with Crippen molar-refractivity contribution in [1.82, 2.24) is 4.90 Å². The number of likely N-dealkylation sites (tertiary alicyclic amines) is 1. The van der Waals surface area contributed by atoms with Gasteiger partial charge in [0.1, 0.15) is 0 Å². The van der Waals surface area contributed by atoms with Crippen LogP contribution in [0.25, 0.3) is 0 Å². The molecule has 0 spiro atoms. The fourth-order valence-electron chi connectivity index (χ4n) is 2.71. The number of rotatable bonds is 15. The van der Waals surface area contributed by atoms with E-state index in [4.69, 9.17) is 23.4 Å². The fraction of sp³-hybridized carbons (Fsp3) is 0.933. The highest BCUT2D eigenvalue weighted by molar-refractivity contribution is 7.47. The second kappa shape index (κ2) is 13.1. The summed E-state index contributed by atoms with van der Waals surface area (Å²) in [5.74, 6) is 0.213. The molecule has 0 saturated carbocycles. The van der Waals surface area contributed by atoms with Crippen molar-refractivity contribution in [3.8, 4) is 0 Å². The molecule has 1 saturated heterocycles. The van der Waals surface area contributed by atoms with Gasteiger partial charge in [0.2, 0.25) is 5.91 Å². The van der Waals surface area contributed by atoms with Gasteiger partial charge in [0, 0.05) is 20.6 Å². The molecule has 2 unspecified atom stereocenters. The maximum Gasteiger partial charge on any atom is 0.472 e. The van der Waals surface area contributed by atoms with Crippen LogP contribution in [0.3, 0.4) is 0 Å². The molecular formula is C15H31NO11P2. The first kappa shape index (κ1) is 26.6. The van der Waals surface area contributed by atoms with E-state index >= 15 is 0 Å². The molecular weight excluding hydrogens is 432 g/mol. The Bertz CT molecular complexity index is 591. The number of amides is 1. The maximum absolute atomic E-state index is 11.9. The molecule has 0 radical (unpaired) electrons. The number of nitrogens with zero attached hydrogens (tertiary/aromatic N) is 1. The van der Waals surface area contributed by atoms with Crippen LogP contribution in [0.5, 0.6) is 0 Å². The van der Waals surface area contributed by atoms with Crippen LogP contribution in [0.15, 0.2) is 0 Å². The standard InChI is InChI=1S/C15H31NO11P2/c1-13-10-15(16(11-13)14(2)17)12-27-29(20,21)26-9-7-24-5-4-23-6-8-25-28(18,19)22-3/h13,15H,4-12H2,1-3H3,(H,18,19)(H,20,21)/t13-,15+/m1/s1.